The average molecular weight is 323 g/mol. The molecule has 1 heterocycles. The highest BCUT2D eigenvalue weighted by Gasteiger charge is 2.20. The normalized spacial score (nSPS) is 17.1. The number of rotatable bonds is 3. The van der Waals surface area contributed by atoms with Crippen LogP contribution in [0.2, 0.25) is 0 Å². The fraction of sp³-hybridized carbons (Fsp3) is 0.333. The second kappa shape index (κ2) is 6.10. The van der Waals surface area contributed by atoms with E-state index in [1.54, 1.807) is 0 Å². The molecule has 0 radical (unpaired) electrons. The number of benzene rings is 1. The molecule has 1 aromatic heterocycles. The van der Waals surface area contributed by atoms with Crippen LogP contribution in [0.15, 0.2) is 18.2 Å². The van der Waals surface area contributed by atoms with Crippen molar-refractivity contribution in [2.45, 2.75) is 31.7 Å². The number of hydrogen-bond donors (Lipinski definition) is 2. The molecule has 4 nitrogen and oxygen atoms in total. The van der Waals surface area contributed by atoms with E-state index in [9.17, 15) is 13.6 Å². The molecule has 2 aromatic rings. The van der Waals surface area contributed by atoms with Crippen LogP contribution in [0.5, 0.6) is 0 Å². The molecule has 116 valence electrons. The fourth-order valence-corrected chi connectivity index (χ4v) is 3.57. The highest BCUT2D eigenvalue weighted by atomic mass is 32.1. The van der Waals surface area contributed by atoms with Crippen LogP contribution in [0.4, 0.5) is 13.9 Å². The van der Waals surface area contributed by atoms with Crippen molar-refractivity contribution >= 4 is 22.4 Å². The van der Waals surface area contributed by atoms with E-state index in [-0.39, 0.29) is 18.4 Å². The lowest BCUT2D eigenvalue weighted by atomic mass is 9.99. The molecule has 0 unspecified atom stereocenters. The third kappa shape index (κ3) is 3.31. The second-order valence-corrected chi connectivity index (χ2v) is 6.45. The lowest BCUT2D eigenvalue weighted by molar-refractivity contribution is -0.115. The Morgan fingerprint density at radius 3 is 3.00 bits per heavy atom. The zero-order valence-corrected chi connectivity index (χ0v) is 12.6. The fourth-order valence-electron chi connectivity index (χ4n) is 2.45. The number of fused-ring (bicyclic) bond motifs is 1. The number of thiazole rings is 1. The number of carbonyl (C=O) groups excluding carboxylic acids is 1. The number of hydrogen-bond acceptors (Lipinski definition) is 4. The van der Waals surface area contributed by atoms with Crippen molar-refractivity contribution in [2.75, 3.05) is 5.32 Å². The van der Waals surface area contributed by atoms with E-state index in [1.165, 1.54) is 17.4 Å². The molecule has 22 heavy (non-hydrogen) atoms. The van der Waals surface area contributed by atoms with Crippen molar-refractivity contribution < 1.29 is 13.6 Å². The van der Waals surface area contributed by atoms with Crippen LogP contribution < -0.4 is 11.1 Å². The number of nitrogens with zero attached hydrogens (tertiary/aromatic N) is 1. The van der Waals surface area contributed by atoms with E-state index in [0.717, 1.165) is 42.0 Å². The van der Waals surface area contributed by atoms with Gasteiger partial charge in [0, 0.05) is 10.9 Å². The number of nitrogens with one attached hydrogen (secondary N) is 1. The number of halogens is 2. The summed E-state index contributed by atoms with van der Waals surface area (Å²) in [4.78, 5) is 17.5. The molecule has 1 aliphatic rings. The van der Waals surface area contributed by atoms with Gasteiger partial charge in [0.2, 0.25) is 5.91 Å². The van der Waals surface area contributed by atoms with Gasteiger partial charge < -0.3 is 11.1 Å². The zero-order valence-electron chi connectivity index (χ0n) is 11.7. The predicted molar refractivity (Wildman–Crippen MR) is 80.8 cm³/mol. The first-order chi connectivity index (χ1) is 10.5. The summed E-state index contributed by atoms with van der Waals surface area (Å²) >= 11 is 1.43. The SMILES string of the molecule is N[C@H]1CCc2nc(NC(=O)Cc3ccc(F)c(F)c3)sc2C1. The van der Waals surface area contributed by atoms with E-state index < -0.39 is 11.6 Å². The quantitative estimate of drug-likeness (QED) is 0.911. The van der Waals surface area contributed by atoms with Crippen LogP contribution in [0, 0.1) is 11.6 Å². The summed E-state index contributed by atoms with van der Waals surface area (Å²) in [7, 11) is 0. The first kappa shape index (κ1) is 15.1. The van der Waals surface area contributed by atoms with Gasteiger partial charge in [0.25, 0.3) is 0 Å². The Labute approximate surface area is 130 Å². The molecule has 1 aromatic carbocycles. The van der Waals surface area contributed by atoms with Crippen molar-refractivity contribution in [3.05, 3.63) is 46.0 Å². The summed E-state index contributed by atoms with van der Waals surface area (Å²) in [5.41, 5.74) is 7.33. The maximum absolute atomic E-state index is 13.1. The second-order valence-electron chi connectivity index (χ2n) is 5.37. The maximum atomic E-state index is 13.1. The Morgan fingerprint density at radius 2 is 2.23 bits per heavy atom. The molecular formula is C15H15F2N3OS. The van der Waals surface area contributed by atoms with Crippen molar-refractivity contribution in [3.8, 4) is 0 Å². The lowest BCUT2D eigenvalue weighted by Gasteiger charge is -2.15. The van der Waals surface area contributed by atoms with Crippen LogP contribution in [0.1, 0.15) is 22.6 Å². The van der Waals surface area contributed by atoms with Gasteiger partial charge >= 0.3 is 0 Å². The van der Waals surface area contributed by atoms with E-state index in [1.807, 2.05) is 0 Å². The minimum absolute atomic E-state index is 0.0268. The standard InChI is InChI=1S/C15H15F2N3OS/c16-10-3-1-8(5-11(10)17)6-14(21)20-15-19-12-4-2-9(18)7-13(12)22-15/h1,3,5,9H,2,4,6-7,18H2,(H,19,20,21)/t9-/m0/s1. The van der Waals surface area contributed by atoms with Crippen molar-refractivity contribution in [3.63, 3.8) is 0 Å². The molecular weight excluding hydrogens is 308 g/mol. The molecule has 0 aliphatic heterocycles. The van der Waals surface area contributed by atoms with Crippen LogP contribution in [0.3, 0.4) is 0 Å². The van der Waals surface area contributed by atoms with Gasteiger partial charge in [0.05, 0.1) is 12.1 Å². The Bertz CT molecular complexity index is 717. The lowest BCUT2D eigenvalue weighted by Crippen LogP contribution is -2.27. The smallest absolute Gasteiger partial charge is 0.230 e. The van der Waals surface area contributed by atoms with E-state index >= 15 is 0 Å². The van der Waals surface area contributed by atoms with E-state index in [0.29, 0.717) is 10.7 Å². The molecule has 1 aliphatic carbocycles. The Hall–Kier alpha value is -1.86. The van der Waals surface area contributed by atoms with Gasteiger partial charge in [-0.15, -0.1) is 11.3 Å². The molecule has 0 spiro atoms. The highest BCUT2D eigenvalue weighted by Crippen LogP contribution is 2.29. The van der Waals surface area contributed by atoms with Crippen LogP contribution >= 0.6 is 11.3 Å². The molecule has 0 saturated heterocycles. The van der Waals surface area contributed by atoms with Gasteiger partial charge in [0.1, 0.15) is 0 Å². The number of aromatic nitrogens is 1. The first-order valence-electron chi connectivity index (χ1n) is 6.99. The maximum Gasteiger partial charge on any atom is 0.230 e. The molecule has 0 bridgehead atoms. The van der Waals surface area contributed by atoms with Gasteiger partial charge in [-0.2, -0.15) is 0 Å². The number of carbonyl (C=O) groups is 1. The number of nitrogens with two attached hydrogens (primary N) is 1. The summed E-state index contributed by atoms with van der Waals surface area (Å²) in [6.45, 7) is 0. The largest absolute Gasteiger partial charge is 0.327 e. The van der Waals surface area contributed by atoms with Gasteiger partial charge in [0.15, 0.2) is 16.8 Å². The average Bonchev–Trinajstić information content (AvgIpc) is 2.84. The molecule has 1 atom stereocenters. The van der Waals surface area contributed by atoms with Gasteiger partial charge in [-0.3, -0.25) is 4.79 Å². The van der Waals surface area contributed by atoms with E-state index in [4.69, 9.17) is 5.73 Å². The highest BCUT2D eigenvalue weighted by molar-refractivity contribution is 7.15. The summed E-state index contributed by atoms with van der Waals surface area (Å²) < 4.78 is 26.0. The monoisotopic (exact) mass is 323 g/mol. The van der Waals surface area contributed by atoms with Gasteiger partial charge in [-0.1, -0.05) is 6.07 Å². The van der Waals surface area contributed by atoms with Crippen LogP contribution in [-0.4, -0.2) is 16.9 Å². The summed E-state index contributed by atoms with van der Waals surface area (Å²) in [6.07, 6.45) is 2.48. The summed E-state index contributed by atoms with van der Waals surface area (Å²) in [5, 5.41) is 3.24. The molecule has 0 fully saturated rings. The number of aryl methyl sites for hydroxylation is 1. The topological polar surface area (TPSA) is 68.0 Å². The van der Waals surface area contributed by atoms with Crippen LogP contribution in [0.25, 0.3) is 0 Å². The molecule has 0 saturated carbocycles. The number of anilines is 1. The third-order valence-electron chi connectivity index (χ3n) is 3.57. The van der Waals surface area contributed by atoms with Crippen molar-refractivity contribution in [1.29, 1.82) is 0 Å². The van der Waals surface area contributed by atoms with E-state index in [2.05, 4.69) is 10.3 Å². The minimum Gasteiger partial charge on any atom is -0.327 e. The molecule has 7 heteroatoms. The molecule has 3 rings (SSSR count). The molecule has 3 N–H and O–H groups in total. The minimum atomic E-state index is -0.955. The van der Waals surface area contributed by atoms with Crippen molar-refractivity contribution in [1.82, 2.24) is 4.98 Å². The Kier molecular flexibility index (Phi) is 4.17. The first-order valence-corrected chi connectivity index (χ1v) is 7.81. The number of amides is 1. The van der Waals surface area contributed by atoms with Crippen molar-refractivity contribution in [2.24, 2.45) is 5.73 Å². The van der Waals surface area contributed by atoms with Gasteiger partial charge in [-0.25, -0.2) is 13.8 Å². The molecule has 1 amide bonds. The Morgan fingerprint density at radius 1 is 1.41 bits per heavy atom. The third-order valence-corrected chi connectivity index (χ3v) is 4.61. The predicted octanol–water partition coefficient (Wildman–Crippen LogP) is 2.42. The summed E-state index contributed by atoms with van der Waals surface area (Å²) in [5.74, 6) is -2.18. The summed E-state index contributed by atoms with van der Waals surface area (Å²) in [6, 6.07) is 3.59. The zero-order chi connectivity index (χ0) is 15.7. The Balaban J connectivity index is 1.65. The van der Waals surface area contributed by atoms with Crippen LogP contribution in [-0.2, 0) is 24.1 Å². The van der Waals surface area contributed by atoms with Gasteiger partial charge in [-0.05, 0) is 37.0 Å².